The molecule has 0 bridgehead atoms. The van der Waals surface area contributed by atoms with Gasteiger partial charge in [0.05, 0.1) is 22.1 Å². The van der Waals surface area contributed by atoms with Crippen molar-refractivity contribution in [2.45, 2.75) is 25.8 Å². The number of benzene rings is 1. The Morgan fingerprint density at radius 1 is 1.18 bits per heavy atom. The summed E-state index contributed by atoms with van der Waals surface area (Å²) in [6, 6.07) is 10.8. The Kier molecular flexibility index (Phi) is 4.70. The highest BCUT2D eigenvalue weighted by Crippen LogP contribution is 2.38. The molecule has 1 fully saturated rings. The Morgan fingerprint density at radius 3 is 2.79 bits per heavy atom. The fourth-order valence-electron chi connectivity index (χ4n) is 4.69. The number of rotatable bonds is 4. The molecule has 11 heteroatoms. The summed E-state index contributed by atoms with van der Waals surface area (Å²) < 4.78 is 3.15. The number of carbonyl (C=O) groups is 1. The summed E-state index contributed by atoms with van der Waals surface area (Å²) in [6.45, 7) is 2.14. The molecule has 1 atom stereocenters. The van der Waals surface area contributed by atoms with E-state index in [1.807, 2.05) is 30.3 Å². The van der Waals surface area contributed by atoms with Crippen LogP contribution < -0.4 is 10.5 Å². The number of ketones is 1. The first-order valence-electron chi connectivity index (χ1n) is 10.9. The highest BCUT2D eigenvalue weighted by molar-refractivity contribution is 6.33. The Labute approximate surface area is 197 Å². The van der Waals surface area contributed by atoms with E-state index in [0.717, 1.165) is 12.8 Å². The zero-order chi connectivity index (χ0) is 23.4. The molecular formula is C23H19ClN8O2. The molecule has 6 rings (SSSR count). The van der Waals surface area contributed by atoms with E-state index in [1.54, 1.807) is 16.8 Å². The molecule has 170 valence electrons. The maximum absolute atomic E-state index is 13.7. The van der Waals surface area contributed by atoms with E-state index in [-0.39, 0.29) is 23.1 Å². The summed E-state index contributed by atoms with van der Waals surface area (Å²) in [5, 5.41) is 12.7. The zero-order valence-electron chi connectivity index (χ0n) is 18.1. The van der Waals surface area contributed by atoms with Gasteiger partial charge in [-0.05, 0) is 31.0 Å². The number of Topliss-reactive ketones (excluding diaryl/α,β-unsaturated/α-hetero) is 1. The maximum atomic E-state index is 13.7. The number of anilines is 1. The molecule has 1 aliphatic heterocycles. The van der Waals surface area contributed by atoms with Crippen LogP contribution >= 0.6 is 11.6 Å². The molecule has 1 saturated heterocycles. The molecule has 34 heavy (non-hydrogen) atoms. The van der Waals surface area contributed by atoms with Crippen LogP contribution in [0.15, 0.2) is 53.7 Å². The second-order valence-corrected chi connectivity index (χ2v) is 8.60. The number of fused-ring (bicyclic) bond motifs is 2. The lowest BCUT2D eigenvalue weighted by Gasteiger charge is -2.27. The van der Waals surface area contributed by atoms with Gasteiger partial charge >= 0.3 is 0 Å². The smallest absolute Gasteiger partial charge is 0.284 e. The number of nitrogens with zero attached hydrogens (tertiary/aromatic N) is 7. The fraction of sp³-hybridized carbons (Fsp3) is 0.217. The van der Waals surface area contributed by atoms with Crippen LogP contribution in [0.4, 0.5) is 5.82 Å². The van der Waals surface area contributed by atoms with Gasteiger partial charge in [-0.25, -0.2) is 14.5 Å². The Balaban J connectivity index is 1.60. The van der Waals surface area contributed by atoms with Crippen molar-refractivity contribution in [1.82, 2.24) is 34.3 Å². The first-order chi connectivity index (χ1) is 16.5. The molecule has 1 N–H and O–H groups in total. The monoisotopic (exact) mass is 474 g/mol. The number of halogens is 1. The van der Waals surface area contributed by atoms with Gasteiger partial charge in [0.1, 0.15) is 23.4 Å². The van der Waals surface area contributed by atoms with E-state index in [9.17, 15) is 9.59 Å². The van der Waals surface area contributed by atoms with Crippen LogP contribution in [0.5, 0.6) is 0 Å². The molecule has 0 unspecified atom stereocenters. The largest absolute Gasteiger partial charge is 0.346 e. The number of H-pyrrole nitrogens is 1. The van der Waals surface area contributed by atoms with E-state index in [2.05, 4.69) is 25.1 Å². The van der Waals surface area contributed by atoms with Crippen LogP contribution in [0.3, 0.4) is 0 Å². The second-order valence-electron chi connectivity index (χ2n) is 8.19. The van der Waals surface area contributed by atoms with Crippen molar-refractivity contribution in [3.63, 3.8) is 0 Å². The average Bonchev–Trinajstić information content (AvgIpc) is 3.57. The molecular weight excluding hydrogens is 456 g/mol. The molecule has 4 aromatic heterocycles. The van der Waals surface area contributed by atoms with Crippen molar-refractivity contribution >= 4 is 39.8 Å². The second kappa shape index (κ2) is 7.77. The van der Waals surface area contributed by atoms with Crippen molar-refractivity contribution < 1.29 is 4.79 Å². The Morgan fingerprint density at radius 2 is 2.00 bits per heavy atom. The van der Waals surface area contributed by atoms with Crippen molar-refractivity contribution in [2.24, 2.45) is 0 Å². The summed E-state index contributed by atoms with van der Waals surface area (Å²) in [4.78, 5) is 36.7. The molecule has 0 saturated carbocycles. The summed E-state index contributed by atoms with van der Waals surface area (Å²) in [6.07, 6.45) is 4.74. The minimum absolute atomic E-state index is 0.180. The van der Waals surface area contributed by atoms with Gasteiger partial charge in [0, 0.05) is 19.7 Å². The molecule has 0 aliphatic carbocycles. The lowest BCUT2D eigenvalue weighted by Crippen LogP contribution is -2.33. The van der Waals surface area contributed by atoms with Gasteiger partial charge < -0.3 is 4.90 Å². The van der Waals surface area contributed by atoms with Gasteiger partial charge in [-0.3, -0.25) is 19.3 Å². The van der Waals surface area contributed by atoms with Crippen molar-refractivity contribution in [1.29, 1.82) is 0 Å². The fourth-order valence-corrected chi connectivity index (χ4v) is 4.92. The third-order valence-corrected chi connectivity index (χ3v) is 6.48. The number of nitrogens with one attached hydrogen (secondary N) is 1. The number of hydrogen-bond acceptors (Lipinski definition) is 7. The molecule has 1 aromatic carbocycles. The van der Waals surface area contributed by atoms with E-state index >= 15 is 0 Å². The molecule has 0 spiro atoms. The molecule has 5 aromatic rings. The standard InChI is InChI=1S/C23H19ClN8O2/c1-13(33)18-17-20(28-27-18)25-12-26-22(17)30-10-5-8-16(30)21-29-31-11-9-15(24)19(31)23(34)32(21)14-6-3-2-4-7-14/h2-4,6-7,9,11-12,16H,5,8,10H2,1H3,(H,25,26,27,28)/t16-/m0/s1. The summed E-state index contributed by atoms with van der Waals surface area (Å²) in [5.41, 5.74) is 1.54. The number of carbonyl (C=O) groups excluding carboxylic acids is 1. The lowest BCUT2D eigenvalue weighted by atomic mass is 10.1. The van der Waals surface area contributed by atoms with E-state index in [4.69, 9.17) is 16.7 Å². The molecule has 10 nitrogen and oxygen atoms in total. The maximum Gasteiger partial charge on any atom is 0.284 e. The van der Waals surface area contributed by atoms with Gasteiger partial charge in [-0.15, -0.1) is 0 Å². The minimum Gasteiger partial charge on any atom is -0.346 e. The summed E-state index contributed by atoms with van der Waals surface area (Å²) in [7, 11) is 0. The molecule has 0 amide bonds. The van der Waals surface area contributed by atoms with Crippen molar-refractivity contribution in [2.75, 3.05) is 11.4 Å². The lowest BCUT2D eigenvalue weighted by molar-refractivity contribution is 0.101. The van der Waals surface area contributed by atoms with Gasteiger partial charge in [-0.1, -0.05) is 29.8 Å². The first-order valence-corrected chi connectivity index (χ1v) is 11.2. The highest BCUT2D eigenvalue weighted by atomic mass is 35.5. The predicted octanol–water partition coefficient (Wildman–Crippen LogP) is 3.35. The normalized spacial score (nSPS) is 16.1. The quantitative estimate of drug-likeness (QED) is 0.397. The van der Waals surface area contributed by atoms with Crippen LogP contribution in [0.25, 0.3) is 22.2 Å². The minimum atomic E-state index is -0.272. The first kappa shape index (κ1) is 20.5. The van der Waals surface area contributed by atoms with Crippen LogP contribution in [0.2, 0.25) is 5.02 Å². The Bertz CT molecular complexity index is 1620. The number of hydrogen-bond donors (Lipinski definition) is 1. The van der Waals surface area contributed by atoms with E-state index in [0.29, 0.717) is 45.4 Å². The SMILES string of the molecule is CC(=O)c1n[nH]c2ncnc(N3CCC[C@H]3c3nn4ccc(Cl)c4c(=O)n3-c3ccccc3)c12. The van der Waals surface area contributed by atoms with Crippen LogP contribution in [-0.2, 0) is 0 Å². The third-order valence-electron chi connectivity index (χ3n) is 6.17. The van der Waals surface area contributed by atoms with Gasteiger partial charge in [0.25, 0.3) is 5.56 Å². The van der Waals surface area contributed by atoms with Gasteiger partial charge in [-0.2, -0.15) is 10.2 Å². The van der Waals surface area contributed by atoms with Crippen LogP contribution in [-0.4, -0.2) is 46.7 Å². The highest BCUT2D eigenvalue weighted by Gasteiger charge is 2.34. The van der Waals surface area contributed by atoms with Gasteiger partial charge in [0.15, 0.2) is 17.3 Å². The van der Waals surface area contributed by atoms with Crippen molar-refractivity contribution in [3.05, 3.63) is 75.8 Å². The number of aromatic nitrogens is 7. The molecule has 0 radical (unpaired) electrons. The Hall–Kier alpha value is -4.05. The van der Waals surface area contributed by atoms with Gasteiger partial charge in [0.2, 0.25) is 0 Å². The summed E-state index contributed by atoms with van der Waals surface area (Å²) in [5.74, 6) is 0.972. The van der Waals surface area contributed by atoms with E-state index < -0.39 is 0 Å². The van der Waals surface area contributed by atoms with Crippen molar-refractivity contribution in [3.8, 4) is 5.69 Å². The predicted molar refractivity (Wildman–Crippen MR) is 127 cm³/mol. The molecule has 1 aliphatic rings. The van der Waals surface area contributed by atoms with Crippen LogP contribution in [0, 0.1) is 0 Å². The topological polar surface area (TPSA) is 114 Å². The van der Waals surface area contributed by atoms with Crippen LogP contribution in [0.1, 0.15) is 42.1 Å². The zero-order valence-corrected chi connectivity index (χ0v) is 18.9. The average molecular weight is 475 g/mol. The summed E-state index contributed by atoms with van der Waals surface area (Å²) >= 11 is 6.33. The third kappa shape index (κ3) is 3.02. The number of aromatic amines is 1. The van der Waals surface area contributed by atoms with E-state index in [1.165, 1.54) is 17.8 Å². The number of para-hydroxylation sites is 1. The molecule has 5 heterocycles.